The summed E-state index contributed by atoms with van der Waals surface area (Å²) in [5.74, 6) is -1.31. The van der Waals surface area contributed by atoms with E-state index < -0.39 is 45.6 Å². The number of hydrogen-bond donors (Lipinski definition) is 8. The van der Waals surface area contributed by atoms with Crippen LogP contribution in [-0.2, 0) is 52.6 Å². The number of amides is 2. The number of nitrogens with zero attached hydrogens (tertiary/aromatic N) is 3. The van der Waals surface area contributed by atoms with E-state index in [0.717, 1.165) is 44.5 Å². The lowest BCUT2D eigenvalue weighted by Crippen LogP contribution is -2.73. The number of H-pyrrole nitrogens is 2. The average molecular weight is 1050 g/mol. The zero-order chi connectivity index (χ0) is 54.3. The molecule has 17 heteroatoms. The molecule has 2 aliphatic heterocycles. The number of nitrogens with one attached hydrogen (secondary N) is 4. The van der Waals surface area contributed by atoms with Gasteiger partial charge in [-0.05, 0) is 134 Å². The van der Waals surface area contributed by atoms with Crippen LogP contribution in [0.4, 0.5) is 0 Å². The number of carbonyl (C=O) groups is 4. The number of aromatic nitrogens is 3. The van der Waals surface area contributed by atoms with Crippen molar-refractivity contribution in [1.82, 2.24) is 35.4 Å². The number of likely N-dealkylation sites (tertiary alicyclic amines) is 2. The predicted molar refractivity (Wildman–Crippen MR) is 289 cm³/mol. The van der Waals surface area contributed by atoms with Crippen molar-refractivity contribution in [2.45, 2.75) is 118 Å². The quantitative estimate of drug-likeness (QED) is 0.0830. The molecule has 4 aromatic carbocycles. The summed E-state index contributed by atoms with van der Waals surface area (Å²) in [6.07, 6.45) is 8.37. The number of benzene rings is 4. The summed E-state index contributed by atoms with van der Waals surface area (Å²) >= 11 is 0. The van der Waals surface area contributed by atoms with Gasteiger partial charge in [-0.15, -0.1) is 0 Å². The van der Waals surface area contributed by atoms with Gasteiger partial charge in [0.25, 0.3) is 11.8 Å². The van der Waals surface area contributed by atoms with Gasteiger partial charge in [0.05, 0.1) is 22.3 Å². The summed E-state index contributed by atoms with van der Waals surface area (Å²) in [5.41, 5.74) is 3.20. The van der Waals surface area contributed by atoms with Crippen LogP contribution in [0.2, 0.25) is 0 Å². The molecule has 6 aromatic rings. The Morgan fingerprint density at radius 2 is 1.26 bits per heavy atom. The number of pyridine rings is 1. The smallest absolute Gasteiger partial charge is 0.344 e. The fourth-order valence-corrected chi connectivity index (χ4v) is 14.9. The van der Waals surface area contributed by atoms with Crippen LogP contribution in [0.1, 0.15) is 111 Å². The molecule has 2 saturated carbocycles. The minimum absolute atomic E-state index is 0.0157. The second-order valence-corrected chi connectivity index (χ2v) is 22.8. The van der Waals surface area contributed by atoms with Crippen LogP contribution in [0.15, 0.2) is 107 Å². The monoisotopic (exact) mass is 1050 g/mol. The van der Waals surface area contributed by atoms with Crippen molar-refractivity contribution in [1.29, 1.82) is 0 Å². The summed E-state index contributed by atoms with van der Waals surface area (Å²) in [6.45, 7) is 1.97. The topological polar surface area (TPSA) is 258 Å². The highest BCUT2D eigenvalue weighted by molar-refractivity contribution is 5.99. The summed E-state index contributed by atoms with van der Waals surface area (Å²) in [7, 11) is 1.99. The van der Waals surface area contributed by atoms with Crippen LogP contribution in [0.5, 0.6) is 11.5 Å². The second kappa shape index (κ2) is 19.4. The van der Waals surface area contributed by atoms with Crippen molar-refractivity contribution < 1.29 is 39.6 Å². The normalized spacial score (nSPS) is 26.2. The zero-order valence-corrected chi connectivity index (χ0v) is 43.5. The molecule has 6 atom stereocenters. The van der Waals surface area contributed by atoms with Crippen LogP contribution in [-0.4, -0.2) is 125 Å². The molecule has 4 fully saturated rings. The number of aromatic amines is 2. The van der Waals surface area contributed by atoms with E-state index in [0.29, 0.717) is 81.3 Å². The molecule has 4 bridgehead atoms. The fraction of sp³-hybridized carbons (Fsp3) is 0.393. The Bertz CT molecular complexity index is 3560. The third-order valence-corrected chi connectivity index (χ3v) is 18.8. The first kappa shape index (κ1) is 51.2. The third kappa shape index (κ3) is 8.32. The Morgan fingerprint density at radius 1 is 0.667 bits per heavy atom. The van der Waals surface area contributed by atoms with Gasteiger partial charge in [0.1, 0.15) is 23.1 Å². The van der Waals surface area contributed by atoms with Crippen molar-refractivity contribution in [3.05, 3.63) is 168 Å². The first-order valence-corrected chi connectivity index (χ1v) is 27.2. The first-order valence-electron chi connectivity index (χ1n) is 27.2. The maximum atomic E-state index is 14.0. The van der Waals surface area contributed by atoms with Crippen LogP contribution in [0.25, 0.3) is 22.3 Å². The Balaban J connectivity index is 0.777. The molecular formula is C61H63N7O10. The molecule has 4 heterocycles. The maximum Gasteiger partial charge on any atom is 0.344 e. The van der Waals surface area contributed by atoms with E-state index in [2.05, 4.69) is 41.5 Å². The lowest BCUT2D eigenvalue weighted by Gasteiger charge is -2.63. The molecule has 402 valence electrons. The van der Waals surface area contributed by atoms with Gasteiger partial charge < -0.3 is 45.9 Å². The van der Waals surface area contributed by atoms with Gasteiger partial charge in [-0.3, -0.25) is 28.9 Å². The molecular weight excluding hydrogens is 991 g/mol. The Labute approximate surface area is 449 Å². The van der Waals surface area contributed by atoms with E-state index in [1.807, 2.05) is 61.6 Å². The highest BCUT2D eigenvalue weighted by Crippen LogP contribution is 2.61. The Hall–Kier alpha value is -7.57. The molecule has 2 saturated heterocycles. The maximum absolute atomic E-state index is 14.0. The minimum Gasteiger partial charge on any atom is -0.507 e. The number of carbonyl (C=O) groups excluding carboxylic acids is 4. The number of fused-ring (bicyclic) bond motifs is 2. The van der Waals surface area contributed by atoms with Crippen molar-refractivity contribution in [3.63, 3.8) is 0 Å². The molecule has 78 heavy (non-hydrogen) atoms. The molecule has 0 unspecified atom stereocenters. The molecule has 12 rings (SSSR count). The van der Waals surface area contributed by atoms with Crippen molar-refractivity contribution in [3.8, 4) is 33.8 Å². The van der Waals surface area contributed by atoms with Crippen molar-refractivity contribution >= 4 is 23.4 Å². The van der Waals surface area contributed by atoms with E-state index >= 15 is 0 Å². The second-order valence-electron chi connectivity index (χ2n) is 22.8. The average Bonchev–Trinajstić information content (AvgIpc) is 2.02. The largest absolute Gasteiger partial charge is 0.507 e. The molecule has 0 radical (unpaired) electrons. The summed E-state index contributed by atoms with van der Waals surface area (Å²) in [5, 5.41) is 55.6. The number of phenols is 2. The van der Waals surface area contributed by atoms with Crippen molar-refractivity contribution in [2.24, 2.45) is 0 Å². The Kier molecular flexibility index (Phi) is 12.7. The number of aromatic hydroxyl groups is 2. The molecule has 4 aliphatic carbocycles. The standard InChI is InChI=1S/C61H63N7O10/c1-67-24-19-58-30-43(69)12-17-60(58,77)48(67)27-39-7-10-46(53(72)51(39)58)56(75)64-22-15-36-4-9-45(38-16-23-62-50(71)29-38)41(26-36)34-68-25-20-59-31-44(70)13-18-61(59,78)49(68)28-40-8-11-47(54(73)52(40)59)55(74)63-21-14-35-2-5-37(6-3-35)42-32-65-57(76)66-33-42/h2-11,16,23,26,29,32-33,48-49,72-73,77-78H,12-15,17-22,24-25,27-28,30-31,34H2,1H3,(H,62,71)(H,63,74)(H,64,75)(H,65,66,76)/t48-,49-,58-,59-,60-,61-/m1/s1. The van der Waals surface area contributed by atoms with Crippen LogP contribution >= 0.6 is 0 Å². The van der Waals surface area contributed by atoms with Crippen molar-refractivity contribution in [2.75, 3.05) is 33.2 Å². The predicted octanol–water partition coefficient (Wildman–Crippen LogP) is 4.68. The van der Waals surface area contributed by atoms with Gasteiger partial charge in [-0.1, -0.05) is 54.6 Å². The number of rotatable bonds is 12. The van der Waals surface area contributed by atoms with Gasteiger partial charge in [0.15, 0.2) is 0 Å². The highest BCUT2D eigenvalue weighted by Gasteiger charge is 2.67. The van der Waals surface area contributed by atoms with Crippen LogP contribution in [0, 0.1) is 0 Å². The van der Waals surface area contributed by atoms with Gasteiger partial charge in [0, 0.05) is 110 Å². The number of piperidine rings is 2. The molecule has 2 aromatic heterocycles. The number of aliphatic hydroxyl groups is 2. The van der Waals surface area contributed by atoms with Crippen LogP contribution < -0.4 is 21.9 Å². The third-order valence-electron chi connectivity index (χ3n) is 18.8. The molecule has 0 spiro atoms. The van der Waals surface area contributed by atoms with Gasteiger partial charge in [-0.2, -0.15) is 0 Å². The lowest BCUT2D eigenvalue weighted by atomic mass is 9.49. The molecule has 6 aliphatic rings. The van der Waals surface area contributed by atoms with E-state index in [-0.39, 0.29) is 91.0 Å². The lowest BCUT2D eigenvalue weighted by molar-refractivity contribution is -0.174. The van der Waals surface area contributed by atoms with E-state index in [4.69, 9.17) is 0 Å². The number of hydrogen-bond acceptors (Lipinski definition) is 13. The van der Waals surface area contributed by atoms with Gasteiger partial charge in [-0.25, -0.2) is 9.78 Å². The van der Waals surface area contributed by atoms with E-state index in [1.54, 1.807) is 30.6 Å². The van der Waals surface area contributed by atoms with E-state index in [1.165, 1.54) is 6.20 Å². The van der Waals surface area contributed by atoms with Gasteiger partial charge in [0.2, 0.25) is 5.56 Å². The Morgan fingerprint density at radius 3 is 1.87 bits per heavy atom. The number of Topliss-reactive ketones (excluding diaryl/α,β-unsaturated/α-hetero) is 2. The van der Waals surface area contributed by atoms with E-state index in [9.17, 15) is 49.2 Å². The first-order chi connectivity index (χ1) is 37.5. The summed E-state index contributed by atoms with van der Waals surface area (Å²) < 4.78 is 0. The molecule has 2 amide bonds. The number of likely N-dealkylation sites (N-methyl/N-ethyl adjacent to an activating group) is 1. The van der Waals surface area contributed by atoms with Gasteiger partial charge >= 0.3 is 5.69 Å². The zero-order valence-electron chi connectivity index (χ0n) is 43.5. The molecule has 8 N–H and O–H groups in total. The summed E-state index contributed by atoms with van der Waals surface area (Å²) in [4.78, 5) is 92.0. The minimum atomic E-state index is -1.44. The fourth-order valence-electron chi connectivity index (χ4n) is 14.9. The molecule has 17 nitrogen and oxygen atoms in total. The summed E-state index contributed by atoms with van der Waals surface area (Å²) in [6, 6.07) is 23.3. The number of phenolic OH excluding ortho intramolecular Hbond substituents is 2. The SMILES string of the molecule is CN1CC[C@]23CC(=O)CC[C@@]2(O)[C@H]1Cc1ccc(C(=O)NCCc2ccc(-c4cc[nH]c(=O)c4)c(CN4CC[C@]56CC(=O)CC[C@@]5(O)[C@H]4Cc4ccc(C(=O)NCCc5ccc(-c7cnc(=O)[nH]c7)cc5)c(O)c46)c2)c(O)c13. The van der Waals surface area contributed by atoms with Crippen LogP contribution in [0.3, 0.4) is 0 Å². The highest BCUT2D eigenvalue weighted by atomic mass is 16.3. The number of ketones is 2.